The van der Waals surface area contributed by atoms with E-state index in [0.29, 0.717) is 26.1 Å². The molecule has 1 atom stereocenters. The SMILES string of the molecule is COCCNC(=O)CC1c2ccccc2CCN1S(=O)(=O)c1ccc(C)cc1. The molecule has 0 radical (unpaired) electrons. The van der Waals surface area contributed by atoms with Gasteiger partial charge in [-0.15, -0.1) is 0 Å². The van der Waals surface area contributed by atoms with Gasteiger partial charge in [0.05, 0.1) is 17.5 Å². The Morgan fingerprint density at radius 3 is 2.61 bits per heavy atom. The highest BCUT2D eigenvalue weighted by molar-refractivity contribution is 7.89. The maximum Gasteiger partial charge on any atom is 0.243 e. The molecule has 0 saturated carbocycles. The molecule has 1 heterocycles. The predicted octanol–water partition coefficient (Wildman–Crippen LogP) is 2.44. The summed E-state index contributed by atoms with van der Waals surface area (Å²) in [4.78, 5) is 12.7. The van der Waals surface area contributed by atoms with E-state index in [0.717, 1.165) is 16.7 Å². The smallest absolute Gasteiger partial charge is 0.243 e. The van der Waals surface area contributed by atoms with Gasteiger partial charge in [-0.2, -0.15) is 4.31 Å². The second-order valence-corrected chi connectivity index (χ2v) is 8.83. The number of nitrogens with one attached hydrogen (secondary N) is 1. The van der Waals surface area contributed by atoms with E-state index in [-0.39, 0.29) is 17.2 Å². The van der Waals surface area contributed by atoms with Crippen LogP contribution in [0.3, 0.4) is 0 Å². The van der Waals surface area contributed by atoms with Crippen molar-refractivity contribution in [3.63, 3.8) is 0 Å². The average molecular weight is 403 g/mol. The van der Waals surface area contributed by atoms with Crippen LogP contribution in [-0.4, -0.2) is 45.4 Å². The molecule has 0 saturated heterocycles. The number of benzene rings is 2. The Kier molecular flexibility index (Phi) is 6.49. The zero-order chi connectivity index (χ0) is 20.1. The van der Waals surface area contributed by atoms with Crippen LogP contribution in [0.4, 0.5) is 0 Å². The van der Waals surface area contributed by atoms with E-state index in [1.54, 1.807) is 31.4 Å². The van der Waals surface area contributed by atoms with E-state index in [2.05, 4.69) is 5.32 Å². The molecule has 0 fully saturated rings. The third-order valence-electron chi connectivity index (χ3n) is 5.00. The summed E-state index contributed by atoms with van der Waals surface area (Å²) >= 11 is 0. The summed E-state index contributed by atoms with van der Waals surface area (Å²) in [5, 5.41) is 2.80. The number of fused-ring (bicyclic) bond motifs is 1. The first-order valence-corrected chi connectivity index (χ1v) is 10.8. The van der Waals surface area contributed by atoms with E-state index in [4.69, 9.17) is 4.74 Å². The molecule has 1 aliphatic rings. The monoisotopic (exact) mass is 402 g/mol. The molecule has 1 aliphatic heterocycles. The zero-order valence-electron chi connectivity index (χ0n) is 16.2. The number of hydrogen-bond donors (Lipinski definition) is 1. The van der Waals surface area contributed by atoms with Crippen molar-refractivity contribution in [2.75, 3.05) is 26.8 Å². The number of hydrogen-bond acceptors (Lipinski definition) is 4. The largest absolute Gasteiger partial charge is 0.383 e. The average Bonchev–Trinajstić information content (AvgIpc) is 2.68. The summed E-state index contributed by atoms with van der Waals surface area (Å²) in [6.45, 7) is 3.08. The number of methoxy groups -OCH3 is 1. The molecule has 0 aliphatic carbocycles. The fourth-order valence-corrected chi connectivity index (χ4v) is 5.12. The van der Waals surface area contributed by atoms with E-state index in [1.807, 2.05) is 31.2 Å². The number of rotatable bonds is 7. The van der Waals surface area contributed by atoms with Gasteiger partial charge in [-0.1, -0.05) is 42.0 Å². The van der Waals surface area contributed by atoms with Crippen molar-refractivity contribution in [1.29, 1.82) is 0 Å². The third kappa shape index (κ3) is 4.43. The van der Waals surface area contributed by atoms with Gasteiger partial charge in [0.2, 0.25) is 15.9 Å². The minimum absolute atomic E-state index is 0.0752. The highest BCUT2D eigenvalue weighted by Gasteiger charge is 2.37. The summed E-state index contributed by atoms with van der Waals surface area (Å²) in [5.74, 6) is -0.192. The van der Waals surface area contributed by atoms with Crippen molar-refractivity contribution in [1.82, 2.24) is 9.62 Å². The van der Waals surface area contributed by atoms with Crippen molar-refractivity contribution >= 4 is 15.9 Å². The van der Waals surface area contributed by atoms with Gasteiger partial charge < -0.3 is 10.1 Å². The van der Waals surface area contributed by atoms with Crippen molar-refractivity contribution in [3.05, 3.63) is 65.2 Å². The van der Waals surface area contributed by atoms with Gasteiger partial charge in [-0.3, -0.25) is 4.79 Å². The van der Waals surface area contributed by atoms with Crippen LogP contribution in [-0.2, 0) is 26.0 Å². The quantitative estimate of drug-likeness (QED) is 0.722. The van der Waals surface area contributed by atoms with Crippen LogP contribution >= 0.6 is 0 Å². The highest BCUT2D eigenvalue weighted by atomic mass is 32.2. The molecular formula is C21H26N2O4S. The summed E-state index contributed by atoms with van der Waals surface area (Å²) in [6, 6.07) is 14.0. The molecule has 2 aromatic carbocycles. The molecule has 3 rings (SSSR count). The van der Waals surface area contributed by atoms with E-state index >= 15 is 0 Å². The summed E-state index contributed by atoms with van der Waals surface area (Å²) in [5.41, 5.74) is 2.98. The fourth-order valence-electron chi connectivity index (χ4n) is 3.51. The van der Waals surface area contributed by atoms with Crippen LogP contribution < -0.4 is 5.32 Å². The highest BCUT2D eigenvalue weighted by Crippen LogP contribution is 2.36. The Bertz CT molecular complexity index is 926. The van der Waals surface area contributed by atoms with Crippen LogP contribution in [0.5, 0.6) is 0 Å². The number of carbonyl (C=O) groups is 1. The molecule has 150 valence electrons. The van der Waals surface area contributed by atoms with Crippen LogP contribution in [0.2, 0.25) is 0 Å². The lowest BCUT2D eigenvalue weighted by Crippen LogP contribution is -2.42. The van der Waals surface area contributed by atoms with Crippen LogP contribution in [0.25, 0.3) is 0 Å². The molecular weight excluding hydrogens is 376 g/mol. The topological polar surface area (TPSA) is 75.7 Å². The first-order valence-electron chi connectivity index (χ1n) is 9.35. The second-order valence-electron chi connectivity index (χ2n) is 6.94. The van der Waals surface area contributed by atoms with Gasteiger partial charge in [0.15, 0.2) is 0 Å². The van der Waals surface area contributed by atoms with Crippen molar-refractivity contribution < 1.29 is 17.9 Å². The van der Waals surface area contributed by atoms with Gasteiger partial charge >= 0.3 is 0 Å². The Balaban J connectivity index is 1.92. The third-order valence-corrected chi connectivity index (χ3v) is 6.92. The Hall–Kier alpha value is -2.22. The maximum atomic E-state index is 13.3. The van der Waals surface area contributed by atoms with Gasteiger partial charge in [0, 0.05) is 26.6 Å². The summed E-state index contributed by atoms with van der Waals surface area (Å²) in [7, 11) is -2.14. The van der Waals surface area contributed by atoms with Gasteiger partial charge in [-0.25, -0.2) is 8.42 Å². The number of aryl methyl sites for hydroxylation is 1. The van der Waals surface area contributed by atoms with E-state index in [9.17, 15) is 13.2 Å². The Labute approximate surface area is 166 Å². The van der Waals surface area contributed by atoms with Crippen molar-refractivity contribution in [2.24, 2.45) is 0 Å². The lowest BCUT2D eigenvalue weighted by Gasteiger charge is -2.36. The molecule has 7 heteroatoms. The number of nitrogens with zero attached hydrogens (tertiary/aromatic N) is 1. The van der Waals surface area contributed by atoms with Crippen LogP contribution in [0.1, 0.15) is 29.2 Å². The molecule has 0 spiro atoms. The maximum absolute atomic E-state index is 13.3. The molecule has 1 unspecified atom stereocenters. The predicted molar refractivity (Wildman–Crippen MR) is 107 cm³/mol. The van der Waals surface area contributed by atoms with Crippen molar-refractivity contribution in [3.8, 4) is 0 Å². The minimum Gasteiger partial charge on any atom is -0.383 e. The first kappa shape index (κ1) is 20.5. The van der Waals surface area contributed by atoms with E-state index < -0.39 is 16.1 Å². The van der Waals surface area contributed by atoms with Gasteiger partial charge in [0.25, 0.3) is 0 Å². The van der Waals surface area contributed by atoms with Gasteiger partial charge in [-0.05, 0) is 36.6 Å². The molecule has 2 aromatic rings. The minimum atomic E-state index is -3.71. The number of amides is 1. The number of carbonyl (C=O) groups excluding carboxylic acids is 1. The molecule has 1 amide bonds. The standard InChI is InChI=1S/C21H26N2O4S/c1-16-7-9-18(10-8-16)28(25,26)23-13-11-17-5-3-4-6-19(17)20(23)15-21(24)22-12-14-27-2/h3-10,20H,11-15H2,1-2H3,(H,22,24). The summed E-state index contributed by atoms with van der Waals surface area (Å²) in [6.07, 6.45) is 0.703. The zero-order valence-corrected chi connectivity index (χ0v) is 17.0. The number of ether oxygens (including phenoxy) is 1. The van der Waals surface area contributed by atoms with E-state index in [1.165, 1.54) is 4.31 Å². The number of sulfonamides is 1. The molecule has 0 bridgehead atoms. The van der Waals surface area contributed by atoms with Crippen LogP contribution in [0.15, 0.2) is 53.4 Å². The lowest BCUT2D eigenvalue weighted by molar-refractivity contribution is -0.122. The first-order chi connectivity index (χ1) is 13.4. The van der Waals surface area contributed by atoms with Crippen molar-refractivity contribution in [2.45, 2.75) is 30.7 Å². The second kappa shape index (κ2) is 8.86. The molecule has 1 N–H and O–H groups in total. The molecule has 28 heavy (non-hydrogen) atoms. The Morgan fingerprint density at radius 1 is 1.18 bits per heavy atom. The molecule has 6 nitrogen and oxygen atoms in total. The fraction of sp³-hybridized carbons (Fsp3) is 0.381. The van der Waals surface area contributed by atoms with Crippen LogP contribution in [0, 0.1) is 6.92 Å². The normalized spacial score (nSPS) is 17.1. The van der Waals surface area contributed by atoms with Gasteiger partial charge in [0.1, 0.15) is 0 Å². The molecule has 0 aromatic heterocycles. The Morgan fingerprint density at radius 2 is 1.89 bits per heavy atom. The summed E-state index contributed by atoms with van der Waals surface area (Å²) < 4.78 is 33.1. The lowest BCUT2D eigenvalue weighted by atomic mass is 9.92.